The number of hydrogen-bond donors (Lipinski definition) is 1. The Morgan fingerprint density at radius 2 is 1.73 bits per heavy atom. The number of methoxy groups -OCH3 is 4. The van der Waals surface area contributed by atoms with Crippen molar-refractivity contribution in [1.29, 1.82) is 0 Å². The lowest BCUT2D eigenvalue weighted by atomic mass is 9.99. The van der Waals surface area contributed by atoms with Gasteiger partial charge in [-0.15, -0.1) is 0 Å². The molecule has 0 radical (unpaired) electrons. The molecule has 0 spiro atoms. The van der Waals surface area contributed by atoms with Crippen LogP contribution in [0.2, 0.25) is 0 Å². The molecule has 0 bridgehead atoms. The number of hydrogen-bond acceptors (Lipinski definition) is 10. The molecule has 0 aliphatic carbocycles. The number of halogens is 1. The first-order chi connectivity index (χ1) is 19.4. The van der Waals surface area contributed by atoms with E-state index in [-0.39, 0.29) is 12.7 Å². The fourth-order valence-electron chi connectivity index (χ4n) is 4.23. The van der Waals surface area contributed by atoms with Crippen molar-refractivity contribution in [3.8, 4) is 28.7 Å². The van der Waals surface area contributed by atoms with E-state index < -0.39 is 11.7 Å². The number of benzene rings is 3. The largest absolute Gasteiger partial charge is 0.493 e. The monoisotopic (exact) mass is 567 g/mol. The number of oxime groups is 1. The Labute approximate surface area is 233 Å². The van der Waals surface area contributed by atoms with Crippen LogP contribution in [0.1, 0.15) is 23.7 Å². The molecule has 1 aliphatic rings. The third-order valence-electron chi connectivity index (χ3n) is 6.18. The number of aromatic nitrogens is 1. The van der Waals surface area contributed by atoms with Crippen molar-refractivity contribution in [2.45, 2.75) is 12.5 Å². The lowest BCUT2D eigenvalue weighted by Gasteiger charge is -2.15. The molecule has 1 N–H and O–H groups in total. The predicted molar refractivity (Wildman–Crippen MR) is 148 cm³/mol. The summed E-state index contributed by atoms with van der Waals surface area (Å²) in [7, 11) is 6.16. The van der Waals surface area contributed by atoms with Crippen molar-refractivity contribution in [1.82, 2.24) is 4.98 Å². The number of nitrogens with zero attached hydrogens (tertiary/aromatic N) is 2. The summed E-state index contributed by atoms with van der Waals surface area (Å²) in [6.45, 7) is -0.289. The Kier molecular flexibility index (Phi) is 7.87. The van der Waals surface area contributed by atoms with Crippen LogP contribution in [0.15, 0.2) is 53.7 Å². The van der Waals surface area contributed by atoms with Gasteiger partial charge in [-0.2, -0.15) is 0 Å². The highest BCUT2D eigenvalue weighted by atomic mass is 32.1. The summed E-state index contributed by atoms with van der Waals surface area (Å²) in [6.07, 6.45) is 0.0858. The Balaban J connectivity index is 1.26. The molecule has 1 amide bonds. The topological polar surface area (TPSA) is 110 Å². The van der Waals surface area contributed by atoms with Gasteiger partial charge in [0.1, 0.15) is 5.82 Å². The second-order valence-electron chi connectivity index (χ2n) is 8.63. The molecule has 12 heteroatoms. The fourth-order valence-corrected chi connectivity index (χ4v) is 5.10. The lowest BCUT2D eigenvalue weighted by Crippen LogP contribution is -2.20. The van der Waals surface area contributed by atoms with Gasteiger partial charge in [0.05, 0.1) is 44.4 Å². The van der Waals surface area contributed by atoms with E-state index in [1.165, 1.54) is 30.6 Å². The van der Waals surface area contributed by atoms with Crippen molar-refractivity contribution >= 4 is 38.3 Å². The lowest BCUT2D eigenvalue weighted by molar-refractivity contribution is -0.118. The highest BCUT2D eigenvalue weighted by Gasteiger charge is 2.27. The highest BCUT2D eigenvalue weighted by Crippen LogP contribution is 2.41. The number of anilines is 1. The van der Waals surface area contributed by atoms with Crippen LogP contribution < -0.4 is 29.0 Å². The minimum atomic E-state index is -0.419. The number of carbonyl (C=O) groups is 1. The van der Waals surface area contributed by atoms with Crippen molar-refractivity contribution in [2.24, 2.45) is 5.16 Å². The van der Waals surface area contributed by atoms with Gasteiger partial charge in [-0.3, -0.25) is 10.1 Å². The van der Waals surface area contributed by atoms with E-state index >= 15 is 0 Å². The van der Waals surface area contributed by atoms with Gasteiger partial charge in [0.15, 0.2) is 40.8 Å². The molecule has 5 rings (SSSR count). The number of carbonyl (C=O) groups excluding carboxylic acids is 1. The summed E-state index contributed by atoms with van der Waals surface area (Å²) in [5.41, 5.74) is 2.74. The molecular formula is C28H26FN3O7S. The van der Waals surface area contributed by atoms with E-state index in [2.05, 4.69) is 15.5 Å². The maximum atomic E-state index is 13.4. The van der Waals surface area contributed by atoms with Crippen LogP contribution in [0, 0.1) is 5.82 Å². The number of ether oxygens (including phenoxy) is 5. The molecule has 1 unspecified atom stereocenters. The van der Waals surface area contributed by atoms with Crippen molar-refractivity contribution in [2.75, 3.05) is 40.4 Å². The molecule has 1 aliphatic heterocycles. The summed E-state index contributed by atoms with van der Waals surface area (Å²) in [6, 6.07) is 13.3. The standard InChI is InChI=1S/C28H26FN3O7S/c1-34-20-7-5-15(21-13-18(32-39-21)16-10-23(35-2)27(37-4)24(11-16)36-3)9-22(20)38-14-26(33)31-28-30-19-12-17(29)6-8-25(19)40-28/h5-12,21H,13-14H2,1-4H3,(H,30,31,33). The maximum Gasteiger partial charge on any atom is 0.264 e. The maximum absolute atomic E-state index is 13.4. The van der Waals surface area contributed by atoms with E-state index in [0.29, 0.717) is 51.5 Å². The van der Waals surface area contributed by atoms with Crippen LogP contribution in [0.4, 0.5) is 9.52 Å². The molecule has 208 valence electrons. The molecular weight excluding hydrogens is 541 g/mol. The van der Waals surface area contributed by atoms with Gasteiger partial charge in [-0.05, 0) is 42.0 Å². The number of rotatable bonds is 10. The number of thiazole rings is 1. The zero-order valence-electron chi connectivity index (χ0n) is 22.1. The average Bonchev–Trinajstić information content (AvgIpc) is 3.62. The number of amides is 1. The minimum Gasteiger partial charge on any atom is -0.493 e. The first-order valence-electron chi connectivity index (χ1n) is 12.1. The van der Waals surface area contributed by atoms with Gasteiger partial charge in [0, 0.05) is 18.1 Å². The summed E-state index contributed by atoms with van der Waals surface area (Å²) < 4.78 is 41.7. The molecule has 0 fully saturated rings. The van der Waals surface area contributed by atoms with E-state index in [4.69, 9.17) is 28.5 Å². The van der Waals surface area contributed by atoms with Crippen LogP contribution in [0.25, 0.3) is 10.2 Å². The van der Waals surface area contributed by atoms with Gasteiger partial charge < -0.3 is 28.5 Å². The van der Waals surface area contributed by atoms with Gasteiger partial charge >= 0.3 is 0 Å². The number of nitrogens with one attached hydrogen (secondary N) is 1. The second kappa shape index (κ2) is 11.7. The zero-order valence-corrected chi connectivity index (χ0v) is 23.0. The van der Waals surface area contributed by atoms with Crippen LogP contribution in [-0.4, -0.2) is 51.6 Å². The van der Waals surface area contributed by atoms with Crippen LogP contribution in [0.3, 0.4) is 0 Å². The van der Waals surface area contributed by atoms with Crippen LogP contribution >= 0.6 is 11.3 Å². The molecule has 40 heavy (non-hydrogen) atoms. The Morgan fingerprint density at radius 1 is 0.975 bits per heavy atom. The van der Waals surface area contributed by atoms with E-state index in [0.717, 1.165) is 15.8 Å². The van der Waals surface area contributed by atoms with Gasteiger partial charge in [-0.1, -0.05) is 22.6 Å². The third kappa shape index (κ3) is 5.57. The first-order valence-corrected chi connectivity index (χ1v) is 12.9. The fraction of sp³-hybridized carbons (Fsp3) is 0.250. The SMILES string of the molecule is COc1ccc(C2CC(c3cc(OC)c(OC)c(OC)c3)=NO2)cc1OCC(=O)Nc1nc2cc(F)ccc2s1. The van der Waals surface area contributed by atoms with E-state index in [1.54, 1.807) is 39.5 Å². The Bertz CT molecular complexity index is 1560. The first kappa shape index (κ1) is 27.0. The third-order valence-corrected chi connectivity index (χ3v) is 7.13. The summed E-state index contributed by atoms with van der Waals surface area (Å²) in [5.74, 6) is 1.53. The molecule has 1 aromatic heterocycles. The summed E-state index contributed by atoms with van der Waals surface area (Å²) in [5, 5.41) is 7.33. The molecule has 0 saturated carbocycles. The molecule has 0 saturated heterocycles. The Morgan fingerprint density at radius 3 is 2.42 bits per heavy atom. The molecule has 10 nitrogen and oxygen atoms in total. The smallest absolute Gasteiger partial charge is 0.264 e. The Hall–Kier alpha value is -4.58. The highest BCUT2D eigenvalue weighted by molar-refractivity contribution is 7.22. The van der Waals surface area contributed by atoms with Gasteiger partial charge in [0.25, 0.3) is 5.91 Å². The van der Waals surface area contributed by atoms with Crippen molar-refractivity contribution in [3.63, 3.8) is 0 Å². The molecule has 2 heterocycles. The average molecular weight is 568 g/mol. The van der Waals surface area contributed by atoms with Gasteiger partial charge in [-0.25, -0.2) is 9.37 Å². The van der Waals surface area contributed by atoms with Gasteiger partial charge in [0.2, 0.25) is 5.75 Å². The van der Waals surface area contributed by atoms with Crippen LogP contribution in [-0.2, 0) is 9.63 Å². The zero-order chi connectivity index (χ0) is 28.2. The minimum absolute atomic E-state index is 0.289. The molecule has 3 aromatic carbocycles. The van der Waals surface area contributed by atoms with Crippen molar-refractivity contribution in [3.05, 3.63) is 65.5 Å². The normalized spacial score (nSPS) is 14.3. The van der Waals surface area contributed by atoms with Crippen molar-refractivity contribution < 1.29 is 37.7 Å². The molecule has 1 atom stereocenters. The summed E-state index contributed by atoms with van der Waals surface area (Å²) >= 11 is 1.25. The van der Waals surface area contributed by atoms with E-state index in [1.807, 2.05) is 18.2 Å². The second-order valence-corrected chi connectivity index (χ2v) is 9.66. The summed E-state index contributed by atoms with van der Waals surface area (Å²) in [4.78, 5) is 22.6. The number of fused-ring (bicyclic) bond motifs is 1. The predicted octanol–water partition coefficient (Wildman–Crippen LogP) is 5.35. The quantitative estimate of drug-likeness (QED) is 0.273. The molecule has 4 aromatic rings. The van der Waals surface area contributed by atoms with Crippen LogP contribution in [0.5, 0.6) is 28.7 Å². The van der Waals surface area contributed by atoms with E-state index in [9.17, 15) is 9.18 Å².